The zero-order valence-electron chi connectivity index (χ0n) is 13.3. The van der Waals surface area contributed by atoms with E-state index >= 15 is 0 Å². The van der Waals surface area contributed by atoms with E-state index in [0.717, 1.165) is 19.1 Å². The molecule has 3 nitrogen and oxygen atoms in total. The van der Waals surface area contributed by atoms with Gasteiger partial charge in [-0.1, -0.05) is 36.8 Å². The highest BCUT2D eigenvalue weighted by atomic mass is 15.3. The van der Waals surface area contributed by atoms with Crippen LogP contribution in [0.4, 0.5) is 0 Å². The van der Waals surface area contributed by atoms with E-state index in [-0.39, 0.29) is 0 Å². The molecule has 2 aliphatic heterocycles. The maximum absolute atomic E-state index is 3.59. The SMILES string of the molecule is CC1CN2CCCCC2CN1CCNCc1ccccc1. The fourth-order valence-corrected chi connectivity index (χ4v) is 3.78. The molecule has 2 aliphatic rings. The van der Waals surface area contributed by atoms with Crippen molar-refractivity contribution in [1.82, 2.24) is 15.1 Å². The normalized spacial score (nSPS) is 27.5. The largest absolute Gasteiger partial charge is 0.311 e. The van der Waals surface area contributed by atoms with E-state index < -0.39 is 0 Å². The summed E-state index contributed by atoms with van der Waals surface area (Å²) in [5.41, 5.74) is 1.38. The Morgan fingerprint density at radius 1 is 1.14 bits per heavy atom. The van der Waals surface area contributed by atoms with Gasteiger partial charge < -0.3 is 5.32 Å². The molecule has 2 heterocycles. The molecule has 0 spiro atoms. The van der Waals surface area contributed by atoms with E-state index in [1.807, 2.05) is 0 Å². The molecule has 3 heteroatoms. The molecular formula is C18H29N3. The molecule has 2 atom stereocenters. The number of piperazine rings is 1. The molecule has 2 saturated heterocycles. The van der Waals surface area contributed by atoms with Crippen molar-refractivity contribution in [2.24, 2.45) is 0 Å². The van der Waals surface area contributed by atoms with Crippen LogP contribution in [-0.2, 0) is 6.54 Å². The molecule has 0 aliphatic carbocycles. The van der Waals surface area contributed by atoms with Crippen molar-refractivity contribution in [3.05, 3.63) is 35.9 Å². The van der Waals surface area contributed by atoms with Crippen molar-refractivity contribution in [1.29, 1.82) is 0 Å². The number of nitrogens with one attached hydrogen (secondary N) is 1. The van der Waals surface area contributed by atoms with Crippen molar-refractivity contribution in [2.45, 2.75) is 44.8 Å². The van der Waals surface area contributed by atoms with Gasteiger partial charge in [0.2, 0.25) is 0 Å². The van der Waals surface area contributed by atoms with Crippen molar-refractivity contribution >= 4 is 0 Å². The molecule has 0 bridgehead atoms. The van der Waals surface area contributed by atoms with E-state index in [1.54, 1.807) is 0 Å². The summed E-state index contributed by atoms with van der Waals surface area (Å²) in [6, 6.07) is 12.2. The van der Waals surface area contributed by atoms with E-state index in [0.29, 0.717) is 6.04 Å². The molecule has 0 radical (unpaired) electrons. The number of rotatable bonds is 5. The highest BCUT2D eigenvalue weighted by Gasteiger charge is 2.32. The summed E-state index contributed by atoms with van der Waals surface area (Å²) in [6.45, 7) is 9.51. The third-order valence-corrected chi connectivity index (χ3v) is 5.06. The lowest BCUT2D eigenvalue weighted by atomic mass is 9.97. The first-order valence-corrected chi connectivity index (χ1v) is 8.55. The Hall–Kier alpha value is -0.900. The highest BCUT2D eigenvalue weighted by molar-refractivity contribution is 5.14. The summed E-state index contributed by atoms with van der Waals surface area (Å²) in [5, 5.41) is 3.59. The zero-order chi connectivity index (χ0) is 14.5. The minimum atomic E-state index is 0.706. The van der Waals surface area contributed by atoms with Crippen LogP contribution in [-0.4, -0.2) is 54.6 Å². The molecule has 1 aromatic rings. The number of benzene rings is 1. The lowest BCUT2D eigenvalue weighted by Gasteiger charge is -2.47. The van der Waals surface area contributed by atoms with Gasteiger partial charge in [0.15, 0.2) is 0 Å². The quantitative estimate of drug-likeness (QED) is 0.839. The van der Waals surface area contributed by atoms with Crippen LogP contribution in [0.25, 0.3) is 0 Å². The van der Waals surface area contributed by atoms with Gasteiger partial charge in [0.1, 0.15) is 0 Å². The van der Waals surface area contributed by atoms with Gasteiger partial charge in [0.05, 0.1) is 0 Å². The van der Waals surface area contributed by atoms with Crippen LogP contribution in [0.5, 0.6) is 0 Å². The highest BCUT2D eigenvalue weighted by Crippen LogP contribution is 2.23. The van der Waals surface area contributed by atoms with Crippen LogP contribution in [0.1, 0.15) is 31.7 Å². The number of hydrogen-bond donors (Lipinski definition) is 1. The van der Waals surface area contributed by atoms with Crippen LogP contribution in [0.2, 0.25) is 0 Å². The molecule has 0 aromatic heterocycles. The third kappa shape index (κ3) is 4.06. The Kier molecular flexibility index (Phi) is 5.28. The minimum absolute atomic E-state index is 0.706. The van der Waals surface area contributed by atoms with Crippen molar-refractivity contribution in [3.8, 4) is 0 Å². The first kappa shape index (κ1) is 15.0. The lowest BCUT2D eigenvalue weighted by Crippen LogP contribution is -2.59. The first-order valence-electron chi connectivity index (χ1n) is 8.55. The Morgan fingerprint density at radius 3 is 2.86 bits per heavy atom. The maximum Gasteiger partial charge on any atom is 0.0223 e. The number of nitrogens with zero attached hydrogens (tertiary/aromatic N) is 2. The average molecular weight is 287 g/mol. The van der Waals surface area contributed by atoms with Gasteiger partial charge in [-0.2, -0.15) is 0 Å². The number of hydrogen-bond acceptors (Lipinski definition) is 3. The standard InChI is InChI=1S/C18H29N3/c1-16-14-21-11-6-5-9-18(21)15-20(16)12-10-19-13-17-7-3-2-4-8-17/h2-4,7-8,16,18-19H,5-6,9-15H2,1H3. The second kappa shape index (κ2) is 7.39. The summed E-state index contributed by atoms with van der Waals surface area (Å²) >= 11 is 0. The van der Waals surface area contributed by atoms with Gasteiger partial charge in [-0.05, 0) is 31.9 Å². The molecular weight excluding hydrogens is 258 g/mol. The molecule has 1 aromatic carbocycles. The summed E-state index contributed by atoms with van der Waals surface area (Å²) in [7, 11) is 0. The molecule has 3 rings (SSSR count). The molecule has 2 fully saturated rings. The molecule has 116 valence electrons. The molecule has 1 N–H and O–H groups in total. The van der Waals surface area contributed by atoms with E-state index in [9.17, 15) is 0 Å². The van der Waals surface area contributed by atoms with Gasteiger partial charge >= 0.3 is 0 Å². The van der Waals surface area contributed by atoms with Crippen LogP contribution in [0.3, 0.4) is 0 Å². The fraction of sp³-hybridized carbons (Fsp3) is 0.667. The smallest absolute Gasteiger partial charge is 0.0223 e. The third-order valence-electron chi connectivity index (χ3n) is 5.06. The average Bonchev–Trinajstić information content (AvgIpc) is 2.53. The van der Waals surface area contributed by atoms with Crippen LogP contribution in [0, 0.1) is 0 Å². The second-order valence-corrected chi connectivity index (χ2v) is 6.65. The van der Waals surface area contributed by atoms with Crippen LogP contribution >= 0.6 is 0 Å². The molecule has 2 unspecified atom stereocenters. The molecule has 0 amide bonds. The number of fused-ring (bicyclic) bond motifs is 1. The Labute approximate surface area is 129 Å². The van der Waals surface area contributed by atoms with E-state index in [4.69, 9.17) is 0 Å². The van der Waals surface area contributed by atoms with Crippen LogP contribution in [0.15, 0.2) is 30.3 Å². The van der Waals surface area contributed by atoms with Gasteiger partial charge in [-0.25, -0.2) is 0 Å². The Morgan fingerprint density at radius 2 is 2.00 bits per heavy atom. The van der Waals surface area contributed by atoms with Crippen molar-refractivity contribution < 1.29 is 0 Å². The fourth-order valence-electron chi connectivity index (χ4n) is 3.78. The zero-order valence-corrected chi connectivity index (χ0v) is 13.3. The Balaban J connectivity index is 1.40. The predicted octanol–water partition coefficient (Wildman–Crippen LogP) is 2.33. The molecule has 0 saturated carbocycles. The first-order chi connectivity index (χ1) is 10.3. The van der Waals surface area contributed by atoms with E-state index in [1.165, 1.54) is 51.0 Å². The van der Waals surface area contributed by atoms with E-state index in [2.05, 4.69) is 52.4 Å². The van der Waals surface area contributed by atoms with Gasteiger partial charge in [0.25, 0.3) is 0 Å². The maximum atomic E-state index is 3.59. The van der Waals surface area contributed by atoms with Crippen molar-refractivity contribution in [2.75, 3.05) is 32.7 Å². The predicted molar refractivity (Wildman–Crippen MR) is 88.4 cm³/mol. The Bertz CT molecular complexity index is 420. The summed E-state index contributed by atoms with van der Waals surface area (Å²) in [4.78, 5) is 5.41. The summed E-state index contributed by atoms with van der Waals surface area (Å²) < 4.78 is 0. The van der Waals surface area contributed by atoms with Crippen molar-refractivity contribution in [3.63, 3.8) is 0 Å². The van der Waals surface area contributed by atoms with Gasteiger partial charge in [-0.3, -0.25) is 9.80 Å². The van der Waals surface area contributed by atoms with Gasteiger partial charge in [0, 0.05) is 44.8 Å². The summed E-state index contributed by atoms with van der Waals surface area (Å²) in [5.74, 6) is 0. The monoisotopic (exact) mass is 287 g/mol. The van der Waals surface area contributed by atoms with Crippen LogP contribution < -0.4 is 5.32 Å². The minimum Gasteiger partial charge on any atom is -0.311 e. The topological polar surface area (TPSA) is 18.5 Å². The summed E-state index contributed by atoms with van der Waals surface area (Å²) in [6.07, 6.45) is 4.23. The second-order valence-electron chi connectivity index (χ2n) is 6.65. The number of piperidine rings is 1. The molecule has 21 heavy (non-hydrogen) atoms. The lowest BCUT2D eigenvalue weighted by molar-refractivity contribution is 0.0160. The van der Waals surface area contributed by atoms with Gasteiger partial charge in [-0.15, -0.1) is 0 Å².